The van der Waals surface area contributed by atoms with E-state index in [9.17, 15) is 40.4 Å². The number of rotatable bonds is 13. The van der Waals surface area contributed by atoms with E-state index < -0.39 is 45.6 Å². The van der Waals surface area contributed by atoms with E-state index in [1.807, 2.05) is 0 Å². The van der Waals surface area contributed by atoms with Crippen LogP contribution in [-0.4, -0.2) is 81.2 Å². The molecule has 0 aliphatic carbocycles. The van der Waals surface area contributed by atoms with Crippen molar-refractivity contribution in [2.45, 2.75) is 61.3 Å². The van der Waals surface area contributed by atoms with Crippen molar-refractivity contribution in [2.75, 3.05) is 40.5 Å². The predicted octanol–water partition coefficient (Wildman–Crippen LogP) is 3.64. The molecule has 0 atom stereocenters. The minimum Gasteiger partial charge on any atom is -0.385 e. The van der Waals surface area contributed by atoms with E-state index in [0.29, 0.717) is 18.4 Å². The molecule has 2 rings (SSSR count). The number of carbonyl (C=O) groups is 1. The topological polar surface area (TPSA) is 105 Å². The largest absolute Gasteiger partial charge is 0.453 e. The van der Waals surface area contributed by atoms with Crippen molar-refractivity contribution < 1.29 is 49.8 Å². The lowest BCUT2D eigenvalue weighted by Gasteiger charge is -2.39. The molecule has 1 aliphatic heterocycles. The molecule has 1 aromatic carbocycles. The highest BCUT2D eigenvalue weighted by Crippen LogP contribution is 2.39. The fraction of sp³-hybridized carbons (Fsp3) is 0.696. The van der Waals surface area contributed by atoms with E-state index in [1.54, 1.807) is 12.1 Å². The Morgan fingerprint density at radius 2 is 1.51 bits per heavy atom. The van der Waals surface area contributed by atoms with Gasteiger partial charge in [-0.05, 0) is 36.3 Å². The number of aryl methyl sites for hydroxylation is 1. The summed E-state index contributed by atoms with van der Waals surface area (Å²) in [4.78, 5) is 12.6. The lowest BCUT2D eigenvalue weighted by molar-refractivity contribution is -0.284. The average molecular weight is 561 g/mol. The van der Waals surface area contributed by atoms with Gasteiger partial charge in [-0.1, -0.05) is 24.3 Å². The SMILES string of the molecule is COCCC(CCOC)(C(=O)NO)S(=O)(=O)N1CCC(c2ccc(CCC(F)(F)C(F)(F)F)cc2)CC1. The van der Waals surface area contributed by atoms with Crippen LogP contribution in [0.3, 0.4) is 0 Å². The van der Waals surface area contributed by atoms with Crippen molar-refractivity contribution in [1.82, 2.24) is 9.79 Å². The number of benzene rings is 1. The molecule has 1 amide bonds. The zero-order chi connectivity index (χ0) is 27.9. The van der Waals surface area contributed by atoms with Crippen LogP contribution in [0.4, 0.5) is 22.0 Å². The van der Waals surface area contributed by atoms with Gasteiger partial charge in [0.2, 0.25) is 10.0 Å². The van der Waals surface area contributed by atoms with E-state index in [-0.39, 0.29) is 45.1 Å². The number of piperidine rings is 1. The summed E-state index contributed by atoms with van der Waals surface area (Å²) in [5.74, 6) is -5.91. The third kappa shape index (κ3) is 7.16. The van der Waals surface area contributed by atoms with Crippen molar-refractivity contribution in [3.05, 3.63) is 35.4 Å². The number of halogens is 5. The molecule has 212 valence electrons. The second kappa shape index (κ2) is 12.8. The van der Waals surface area contributed by atoms with Crippen molar-refractivity contribution in [1.29, 1.82) is 0 Å². The maximum absolute atomic E-state index is 13.6. The summed E-state index contributed by atoms with van der Waals surface area (Å²) in [5, 5.41) is 9.30. The number of ether oxygens (including phenoxy) is 2. The van der Waals surface area contributed by atoms with Crippen LogP contribution in [0.1, 0.15) is 49.1 Å². The molecule has 1 saturated heterocycles. The number of carbonyl (C=O) groups excluding carboxylic acids is 1. The van der Waals surface area contributed by atoms with Crippen LogP contribution in [-0.2, 0) is 30.7 Å². The molecule has 0 radical (unpaired) electrons. The molecule has 0 saturated carbocycles. The van der Waals surface area contributed by atoms with Crippen LogP contribution in [0, 0.1) is 0 Å². The Balaban J connectivity index is 2.11. The van der Waals surface area contributed by atoms with Gasteiger partial charge >= 0.3 is 12.1 Å². The lowest BCUT2D eigenvalue weighted by Crippen LogP contribution is -2.59. The Morgan fingerprint density at radius 3 is 1.95 bits per heavy atom. The average Bonchev–Trinajstić information content (AvgIpc) is 2.87. The van der Waals surface area contributed by atoms with Crippen LogP contribution in [0.15, 0.2) is 24.3 Å². The number of amides is 1. The number of nitrogens with one attached hydrogen (secondary N) is 1. The summed E-state index contributed by atoms with van der Waals surface area (Å²) in [6, 6.07) is 6.29. The molecule has 14 heteroatoms. The zero-order valence-corrected chi connectivity index (χ0v) is 21.5. The highest BCUT2D eigenvalue weighted by Gasteiger charge is 2.56. The molecule has 0 spiro atoms. The van der Waals surface area contributed by atoms with Crippen LogP contribution in [0.2, 0.25) is 0 Å². The van der Waals surface area contributed by atoms with Gasteiger partial charge < -0.3 is 9.47 Å². The van der Waals surface area contributed by atoms with Gasteiger partial charge in [0.05, 0.1) is 0 Å². The Kier molecular flexibility index (Phi) is 10.8. The Morgan fingerprint density at radius 1 is 1.00 bits per heavy atom. The van der Waals surface area contributed by atoms with Crippen LogP contribution >= 0.6 is 0 Å². The van der Waals surface area contributed by atoms with Gasteiger partial charge in [0.25, 0.3) is 5.91 Å². The minimum atomic E-state index is -5.59. The van der Waals surface area contributed by atoms with Gasteiger partial charge in [-0.25, -0.2) is 18.2 Å². The van der Waals surface area contributed by atoms with E-state index in [0.717, 1.165) is 5.56 Å². The monoisotopic (exact) mass is 560 g/mol. The molecule has 1 aromatic rings. The van der Waals surface area contributed by atoms with Gasteiger partial charge in [0.15, 0.2) is 4.75 Å². The highest BCUT2D eigenvalue weighted by atomic mass is 32.2. The standard InChI is InChI=1S/C23H33F5N2O6S/c1-35-15-11-21(12-16-36-2,20(31)29-32)37(33,34)30-13-8-19(9-14-30)18-5-3-17(4-6-18)7-10-22(24,25)23(26,27)28/h3-6,19,32H,7-16H2,1-2H3,(H,29,31). The summed E-state index contributed by atoms with van der Waals surface area (Å²) in [6.07, 6.45) is -6.98. The van der Waals surface area contributed by atoms with Crippen molar-refractivity contribution in [2.24, 2.45) is 0 Å². The number of hydroxylamine groups is 1. The van der Waals surface area contributed by atoms with E-state index in [4.69, 9.17) is 9.47 Å². The summed E-state index contributed by atoms with van der Waals surface area (Å²) in [5.41, 5.74) is 2.62. The summed E-state index contributed by atoms with van der Waals surface area (Å²) < 4.78 is 100.0. The highest BCUT2D eigenvalue weighted by molar-refractivity contribution is 7.91. The Labute approximate surface area is 213 Å². The van der Waals surface area contributed by atoms with E-state index in [2.05, 4.69) is 0 Å². The van der Waals surface area contributed by atoms with Crippen LogP contribution < -0.4 is 5.48 Å². The summed E-state index contributed by atoms with van der Waals surface area (Å²) in [6.45, 7) is 0.0854. The van der Waals surface area contributed by atoms with Gasteiger partial charge in [-0.15, -0.1) is 0 Å². The third-order valence-electron chi connectivity index (χ3n) is 6.82. The predicted molar refractivity (Wildman–Crippen MR) is 124 cm³/mol. The first-order valence-corrected chi connectivity index (χ1v) is 13.1. The van der Waals surface area contributed by atoms with E-state index >= 15 is 0 Å². The van der Waals surface area contributed by atoms with Crippen LogP contribution in [0.25, 0.3) is 0 Å². The fourth-order valence-electron chi connectivity index (χ4n) is 4.44. The molecule has 37 heavy (non-hydrogen) atoms. The molecular formula is C23H33F5N2O6S. The second-order valence-electron chi connectivity index (χ2n) is 9.04. The van der Waals surface area contributed by atoms with Gasteiger partial charge in [0.1, 0.15) is 0 Å². The number of sulfonamides is 1. The van der Waals surface area contributed by atoms with Gasteiger partial charge in [-0.2, -0.15) is 22.0 Å². The Hall–Kier alpha value is -1.87. The number of hydrogen-bond acceptors (Lipinski definition) is 6. The maximum Gasteiger partial charge on any atom is 0.453 e. The van der Waals surface area contributed by atoms with Gasteiger partial charge in [0, 0.05) is 59.8 Å². The molecule has 1 aliphatic rings. The molecule has 0 bridgehead atoms. The molecule has 0 aromatic heterocycles. The van der Waals surface area contributed by atoms with Crippen molar-refractivity contribution in [3.63, 3.8) is 0 Å². The quantitative estimate of drug-likeness (QED) is 0.217. The molecule has 2 N–H and O–H groups in total. The fourth-order valence-corrected chi connectivity index (χ4v) is 6.59. The Bertz CT molecular complexity index is 972. The van der Waals surface area contributed by atoms with E-state index in [1.165, 1.54) is 36.1 Å². The molecule has 8 nitrogen and oxygen atoms in total. The van der Waals surface area contributed by atoms with Crippen molar-refractivity contribution in [3.8, 4) is 0 Å². The number of hydrogen-bond donors (Lipinski definition) is 2. The van der Waals surface area contributed by atoms with Crippen molar-refractivity contribution >= 4 is 15.9 Å². The molecular weight excluding hydrogens is 527 g/mol. The second-order valence-corrected chi connectivity index (χ2v) is 11.3. The first-order chi connectivity index (χ1) is 17.3. The zero-order valence-electron chi connectivity index (χ0n) is 20.7. The minimum absolute atomic E-state index is 0.0475. The molecule has 0 unspecified atom stereocenters. The normalized spacial score (nSPS) is 16.6. The summed E-state index contributed by atoms with van der Waals surface area (Å²) >= 11 is 0. The lowest BCUT2D eigenvalue weighted by atomic mass is 9.89. The van der Waals surface area contributed by atoms with Gasteiger partial charge in [-0.3, -0.25) is 10.0 Å². The number of nitrogens with zero attached hydrogens (tertiary/aromatic N) is 1. The third-order valence-corrected chi connectivity index (χ3v) is 9.44. The summed E-state index contributed by atoms with van der Waals surface area (Å²) in [7, 11) is -1.52. The number of methoxy groups -OCH3 is 2. The molecule has 1 heterocycles. The smallest absolute Gasteiger partial charge is 0.385 e. The maximum atomic E-state index is 13.6. The van der Waals surface area contributed by atoms with Crippen LogP contribution in [0.5, 0.6) is 0 Å². The first-order valence-electron chi connectivity index (χ1n) is 11.7. The first kappa shape index (κ1) is 31.3. The number of alkyl halides is 5. The molecule has 1 fully saturated rings.